The molecule has 1 aromatic carbocycles. The summed E-state index contributed by atoms with van der Waals surface area (Å²) in [5, 5.41) is 3.80. The van der Waals surface area contributed by atoms with Crippen molar-refractivity contribution in [2.75, 3.05) is 0 Å². The summed E-state index contributed by atoms with van der Waals surface area (Å²) in [7, 11) is 0. The van der Waals surface area contributed by atoms with Crippen LogP contribution in [0.2, 0.25) is 0 Å². The van der Waals surface area contributed by atoms with Gasteiger partial charge in [-0.15, -0.1) is 0 Å². The van der Waals surface area contributed by atoms with Crippen molar-refractivity contribution in [2.24, 2.45) is 5.10 Å². The highest BCUT2D eigenvalue weighted by Crippen LogP contribution is 2.20. The van der Waals surface area contributed by atoms with Crippen LogP contribution < -0.4 is 5.43 Å². The first-order valence-electron chi connectivity index (χ1n) is 3.99. The van der Waals surface area contributed by atoms with E-state index in [0.717, 1.165) is 11.6 Å². The largest absolute Gasteiger partial charge is 0.303 e. The van der Waals surface area contributed by atoms with E-state index in [2.05, 4.69) is 10.5 Å². The molecule has 13 heavy (non-hydrogen) atoms. The third-order valence-corrected chi connectivity index (χ3v) is 2.01. The van der Waals surface area contributed by atoms with Crippen molar-refractivity contribution in [3.8, 4) is 0 Å². The zero-order valence-corrected chi connectivity index (χ0v) is 6.80. The second-order valence-electron chi connectivity index (χ2n) is 2.90. The van der Waals surface area contributed by atoms with E-state index in [9.17, 15) is 8.78 Å². The van der Waals surface area contributed by atoms with Gasteiger partial charge >= 0.3 is 0 Å². The van der Waals surface area contributed by atoms with E-state index < -0.39 is 11.6 Å². The maximum atomic E-state index is 12.8. The molecule has 0 spiro atoms. The molecule has 68 valence electrons. The highest BCUT2D eigenvalue weighted by Gasteiger charge is 2.14. The molecule has 2 rings (SSSR count). The lowest BCUT2D eigenvalue weighted by molar-refractivity contribution is 0.503. The second-order valence-corrected chi connectivity index (χ2v) is 2.90. The fourth-order valence-corrected chi connectivity index (χ4v) is 1.29. The van der Waals surface area contributed by atoms with Crippen LogP contribution >= 0.6 is 0 Å². The molecule has 1 aliphatic heterocycles. The Hall–Kier alpha value is -1.45. The molecule has 4 heteroatoms. The topological polar surface area (TPSA) is 24.4 Å². The van der Waals surface area contributed by atoms with Crippen LogP contribution in [0, 0.1) is 11.6 Å². The van der Waals surface area contributed by atoms with Crippen LogP contribution in [0.5, 0.6) is 0 Å². The molecule has 1 aromatic rings. The standard InChI is InChI=1S/C9H8F2N2/c10-7-2-1-6(5-8(7)11)9-3-4-12-13-9/h1-2,4-5,9,13H,3H2. The molecule has 1 heterocycles. The van der Waals surface area contributed by atoms with E-state index in [1.807, 2.05) is 0 Å². The maximum absolute atomic E-state index is 12.8. The van der Waals surface area contributed by atoms with E-state index in [-0.39, 0.29) is 6.04 Å². The molecule has 0 aliphatic carbocycles. The van der Waals surface area contributed by atoms with Gasteiger partial charge in [-0.05, 0) is 17.7 Å². The number of hydrogen-bond donors (Lipinski definition) is 1. The van der Waals surface area contributed by atoms with E-state index in [0.29, 0.717) is 6.42 Å². The van der Waals surface area contributed by atoms with Gasteiger partial charge in [-0.25, -0.2) is 8.78 Å². The second kappa shape index (κ2) is 3.12. The zero-order chi connectivity index (χ0) is 9.26. The first-order valence-corrected chi connectivity index (χ1v) is 3.99. The van der Waals surface area contributed by atoms with Crippen molar-refractivity contribution in [1.29, 1.82) is 0 Å². The highest BCUT2D eigenvalue weighted by atomic mass is 19.2. The van der Waals surface area contributed by atoms with Crippen LogP contribution in [0.3, 0.4) is 0 Å². The summed E-state index contributed by atoms with van der Waals surface area (Å²) in [6, 6.07) is 3.87. The van der Waals surface area contributed by atoms with Crippen LogP contribution in [0.1, 0.15) is 18.0 Å². The molecule has 0 bridgehead atoms. The molecule has 1 unspecified atom stereocenters. The van der Waals surface area contributed by atoms with Crippen molar-refractivity contribution in [3.63, 3.8) is 0 Å². The van der Waals surface area contributed by atoms with E-state index in [4.69, 9.17) is 0 Å². The first kappa shape index (κ1) is 8.16. The van der Waals surface area contributed by atoms with Crippen LogP contribution in [-0.4, -0.2) is 6.21 Å². The Balaban J connectivity index is 2.26. The molecule has 0 aromatic heterocycles. The summed E-state index contributed by atoms with van der Waals surface area (Å²) in [6.45, 7) is 0. The molecule has 0 fully saturated rings. The Kier molecular flexibility index (Phi) is 1.96. The summed E-state index contributed by atoms with van der Waals surface area (Å²) in [6.07, 6.45) is 2.43. The van der Waals surface area contributed by atoms with Gasteiger partial charge < -0.3 is 5.43 Å². The van der Waals surface area contributed by atoms with Crippen molar-refractivity contribution in [3.05, 3.63) is 35.4 Å². The van der Waals surface area contributed by atoms with Crippen molar-refractivity contribution in [2.45, 2.75) is 12.5 Å². The van der Waals surface area contributed by atoms with E-state index in [1.165, 1.54) is 6.07 Å². The Morgan fingerprint density at radius 2 is 2.15 bits per heavy atom. The minimum atomic E-state index is -0.817. The van der Waals surface area contributed by atoms with Gasteiger partial charge in [0.15, 0.2) is 11.6 Å². The molecule has 0 radical (unpaired) electrons. The lowest BCUT2D eigenvalue weighted by Crippen LogP contribution is -2.09. The molecular weight excluding hydrogens is 174 g/mol. The quantitative estimate of drug-likeness (QED) is 0.705. The average Bonchev–Trinajstić information content (AvgIpc) is 2.62. The fraction of sp³-hybridized carbons (Fsp3) is 0.222. The number of halogens is 2. The zero-order valence-electron chi connectivity index (χ0n) is 6.80. The lowest BCUT2D eigenvalue weighted by atomic mass is 10.1. The van der Waals surface area contributed by atoms with E-state index >= 15 is 0 Å². The van der Waals surface area contributed by atoms with Crippen LogP contribution in [0.15, 0.2) is 23.3 Å². The Morgan fingerprint density at radius 3 is 2.77 bits per heavy atom. The molecule has 2 nitrogen and oxygen atoms in total. The monoisotopic (exact) mass is 182 g/mol. The number of rotatable bonds is 1. The lowest BCUT2D eigenvalue weighted by Gasteiger charge is -2.09. The summed E-state index contributed by atoms with van der Waals surface area (Å²) >= 11 is 0. The minimum absolute atomic E-state index is 0.0184. The SMILES string of the molecule is Fc1ccc(C2CC=NN2)cc1F. The molecule has 1 N–H and O–H groups in total. The van der Waals surface area contributed by atoms with Crippen molar-refractivity contribution >= 4 is 6.21 Å². The summed E-state index contributed by atoms with van der Waals surface area (Å²) < 4.78 is 25.3. The van der Waals surface area contributed by atoms with Crippen molar-refractivity contribution in [1.82, 2.24) is 5.43 Å². The average molecular weight is 182 g/mol. The van der Waals surface area contributed by atoms with Gasteiger partial charge in [-0.2, -0.15) is 5.10 Å². The maximum Gasteiger partial charge on any atom is 0.159 e. The Morgan fingerprint density at radius 1 is 1.31 bits per heavy atom. The van der Waals surface area contributed by atoms with E-state index in [1.54, 1.807) is 12.3 Å². The Labute approximate surface area is 74.3 Å². The summed E-state index contributed by atoms with van der Waals surface area (Å²) in [5.74, 6) is -1.63. The van der Waals surface area contributed by atoms with Gasteiger partial charge in [-0.3, -0.25) is 0 Å². The third-order valence-electron chi connectivity index (χ3n) is 2.01. The van der Waals surface area contributed by atoms with Gasteiger partial charge in [0, 0.05) is 12.6 Å². The number of hydrogen-bond acceptors (Lipinski definition) is 2. The molecular formula is C9H8F2N2. The Bertz CT molecular complexity index is 341. The number of nitrogens with zero attached hydrogens (tertiary/aromatic N) is 1. The van der Waals surface area contributed by atoms with Crippen LogP contribution in [0.4, 0.5) is 8.78 Å². The van der Waals surface area contributed by atoms with Gasteiger partial charge in [0.25, 0.3) is 0 Å². The predicted octanol–water partition coefficient (Wildman–Crippen LogP) is 1.99. The number of benzene rings is 1. The summed E-state index contributed by atoms with van der Waals surface area (Å²) in [4.78, 5) is 0. The number of hydrazone groups is 1. The van der Waals surface area contributed by atoms with Crippen LogP contribution in [-0.2, 0) is 0 Å². The fourth-order valence-electron chi connectivity index (χ4n) is 1.29. The molecule has 0 saturated heterocycles. The van der Waals surface area contributed by atoms with Gasteiger partial charge in [0.05, 0.1) is 6.04 Å². The predicted molar refractivity (Wildman–Crippen MR) is 45.3 cm³/mol. The molecule has 1 aliphatic rings. The minimum Gasteiger partial charge on any atom is -0.303 e. The van der Waals surface area contributed by atoms with Gasteiger partial charge in [0.1, 0.15) is 0 Å². The number of nitrogens with one attached hydrogen (secondary N) is 1. The van der Waals surface area contributed by atoms with Gasteiger partial charge in [0.2, 0.25) is 0 Å². The smallest absolute Gasteiger partial charge is 0.159 e. The molecule has 1 atom stereocenters. The highest BCUT2D eigenvalue weighted by molar-refractivity contribution is 5.60. The first-order chi connectivity index (χ1) is 6.27. The third kappa shape index (κ3) is 1.52. The normalized spacial score (nSPS) is 20.3. The molecule has 0 saturated carbocycles. The summed E-state index contributed by atoms with van der Waals surface area (Å²) in [5.41, 5.74) is 3.52. The molecule has 0 amide bonds. The van der Waals surface area contributed by atoms with Crippen molar-refractivity contribution < 1.29 is 8.78 Å². The van der Waals surface area contributed by atoms with Crippen LogP contribution in [0.25, 0.3) is 0 Å². The van der Waals surface area contributed by atoms with Gasteiger partial charge in [-0.1, -0.05) is 6.07 Å².